The summed E-state index contributed by atoms with van der Waals surface area (Å²) in [7, 11) is 0. The fraction of sp³-hybridized carbons (Fsp3) is 0.0833. The monoisotopic (exact) mass is 278 g/mol. The summed E-state index contributed by atoms with van der Waals surface area (Å²) in [6.45, 7) is 0.554. The molecule has 92 valence electrons. The molecule has 0 unspecified atom stereocenters. The van der Waals surface area contributed by atoms with Gasteiger partial charge in [-0.15, -0.1) is 0 Å². The van der Waals surface area contributed by atoms with Crippen LogP contribution in [0.25, 0.3) is 0 Å². The van der Waals surface area contributed by atoms with Crippen LogP contribution in [-0.2, 0) is 6.54 Å². The fourth-order valence-corrected chi connectivity index (χ4v) is 1.84. The van der Waals surface area contributed by atoms with E-state index in [-0.39, 0.29) is 0 Å². The molecule has 0 aliphatic heterocycles. The molecule has 0 atom stereocenters. The minimum Gasteiger partial charge on any atom is -0.389 e. The van der Waals surface area contributed by atoms with Crippen molar-refractivity contribution in [1.29, 1.82) is 0 Å². The molecule has 18 heavy (non-hydrogen) atoms. The maximum atomic E-state index is 5.95. The zero-order chi connectivity index (χ0) is 13.0. The summed E-state index contributed by atoms with van der Waals surface area (Å²) in [4.78, 5) is 8.31. The zero-order valence-corrected chi connectivity index (χ0v) is 11.0. The Morgan fingerprint density at radius 3 is 2.89 bits per heavy atom. The van der Waals surface area contributed by atoms with Crippen molar-refractivity contribution >= 4 is 34.5 Å². The van der Waals surface area contributed by atoms with E-state index >= 15 is 0 Å². The highest BCUT2D eigenvalue weighted by atomic mass is 35.5. The average molecular weight is 279 g/mol. The highest BCUT2D eigenvalue weighted by Crippen LogP contribution is 2.21. The maximum absolute atomic E-state index is 5.95. The zero-order valence-electron chi connectivity index (χ0n) is 9.43. The lowest BCUT2D eigenvalue weighted by Gasteiger charge is -2.11. The molecule has 0 saturated heterocycles. The number of benzene rings is 1. The summed E-state index contributed by atoms with van der Waals surface area (Å²) >= 11 is 10.9. The predicted molar refractivity (Wildman–Crippen MR) is 76.7 cm³/mol. The Morgan fingerprint density at radius 1 is 1.39 bits per heavy atom. The Morgan fingerprint density at radius 2 is 2.22 bits per heavy atom. The van der Waals surface area contributed by atoms with Crippen molar-refractivity contribution in [1.82, 2.24) is 9.97 Å². The van der Waals surface area contributed by atoms with E-state index in [4.69, 9.17) is 29.6 Å². The SMILES string of the molecule is NC(=S)c1ccc(Cl)cc1NCc1ccncn1. The van der Waals surface area contributed by atoms with Crippen LogP contribution in [0.1, 0.15) is 11.3 Å². The maximum Gasteiger partial charge on any atom is 0.115 e. The van der Waals surface area contributed by atoms with Crippen molar-refractivity contribution in [2.24, 2.45) is 5.73 Å². The first-order chi connectivity index (χ1) is 8.66. The minimum atomic E-state index is 0.330. The molecule has 6 heteroatoms. The molecule has 0 amide bonds. The Kier molecular flexibility index (Phi) is 4.07. The van der Waals surface area contributed by atoms with Gasteiger partial charge >= 0.3 is 0 Å². The van der Waals surface area contributed by atoms with Crippen LogP contribution in [0, 0.1) is 0 Å². The predicted octanol–water partition coefficient (Wildman–Crippen LogP) is 2.38. The normalized spacial score (nSPS) is 10.1. The fourth-order valence-electron chi connectivity index (χ4n) is 1.49. The van der Waals surface area contributed by atoms with Gasteiger partial charge in [0.1, 0.15) is 11.3 Å². The molecule has 1 aromatic carbocycles. The molecule has 0 bridgehead atoms. The molecule has 0 saturated carbocycles. The van der Waals surface area contributed by atoms with Crippen molar-refractivity contribution in [3.63, 3.8) is 0 Å². The lowest BCUT2D eigenvalue weighted by Crippen LogP contribution is -2.13. The summed E-state index contributed by atoms with van der Waals surface area (Å²) in [5, 5.41) is 3.83. The summed E-state index contributed by atoms with van der Waals surface area (Å²) in [6, 6.07) is 7.17. The van der Waals surface area contributed by atoms with Crippen molar-refractivity contribution in [3.8, 4) is 0 Å². The van der Waals surface area contributed by atoms with Gasteiger partial charge in [-0.3, -0.25) is 0 Å². The largest absolute Gasteiger partial charge is 0.389 e. The van der Waals surface area contributed by atoms with Gasteiger partial charge in [0, 0.05) is 22.5 Å². The molecule has 0 fully saturated rings. The smallest absolute Gasteiger partial charge is 0.115 e. The third-order valence-electron chi connectivity index (χ3n) is 2.35. The number of hydrogen-bond donors (Lipinski definition) is 2. The number of nitrogens with one attached hydrogen (secondary N) is 1. The number of nitrogens with zero attached hydrogens (tertiary/aromatic N) is 2. The summed E-state index contributed by atoms with van der Waals surface area (Å²) in [5.74, 6) is 0. The third-order valence-corrected chi connectivity index (χ3v) is 2.81. The summed E-state index contributed by atoms with van der Waals surface area (Å²) < 4.78 is 0. The van der Waals surface area contributed by atoms with Crippen LogP contribution in [0.15, 0.2) is 36.8 Å². The van der Waals surface area contributed by atoms with Crippen LogP contribution in [-0.4, -0.2) is 15.0 Å². The standard InChI is InChI=1S/C12H11ClN4S/c13-8-1-2-10(12(14)18)11(5-8)16-6-9-3-4-15-7-17-9/h1-5,7,16H,6H2,(H2,14,18). The molecule has 0 aliphatic rings. The molecule has 2 rings (SSSR count). The molecule has 0 radical (unpaired) electrons. The molecular weight excluding hydrogens is 268 g/mol. The summed E-state index contributed by atoms with van der Waals surface area (Å²) in [6.07, 6.45) is 3.19. The number of thiocarbonyl (C=S) groups is 1. The number of rotatable bonds is 4. The van der Waals surface area contributed by atoms with E-state index in [0.29, 0.717) is 16.6 Å². The van der Waals surface area contributed by atoms with E-state index in [0.717, 1.165) is 16.9 Å². The molecule has 2 aromatic rings. The topological polar surface area (TPSA) is 63.8 Å². The van der Waals surface area contributed by atoms with Crippen LogP contribution in [0.5, 0.6) is 0 Å². The van der Waals surface area contributed by atoms with E-state index in [1.165, 1.54) is 6.33 Å². The number of halogens is 1. The Bertz CT molecular complexity index is 559. The van der Waals surface area contributed by atoms with Crippen LogP contribution in [0.3, 0.4) is 0 Å². The number of nitrogens with two attached hydrogens (primary N) is 1. The molecule has 0 aliphatic carbocycles. The van der Waals surface area contributed by atoms with Gasteiger partial charge < -0.3 is 11.1 Å². The average Bonchev–Trinajstić information content (AvgIpc) is 2.37. The molecular formula is C12H11ClN4S. The molecule has 0 spiro atoms. The first kappa shape index (κ1) is 12.7. The Balaban J connectivity index is 2.18. The quantitative estimate of drug-likeness (QED) is 0.841. The number of anilines is 1. The first-order valence-corrected chi connectivity index (χ1v) is 6.03. The molecule has 1 aromatic heterocycles. The highest BCUT2D eigenvalue weighted by Gasteiger charge is 2.06. The van der Waals surface area contributed by atoms with Gasteiger partial charge in [-0.2, -0.15) is 0 Å². The van der Waals surface area contributed by atoms with Crippen LogP contribution < -0.4 is 11.1 Å². The first-order valence-electron chi connectivity index (χ1n) is 5.25. The Hall–Kier alpha value is -1.72. The third kappa shape index (κ3) is 3.15. The molecule has 3 N–H and O–H groups in total. The van der Waals surface area contributed by atoms with Crippen molar-refractivity contribution < 1.29 is 0 Å². The van der Waals surface area contributed by atoms with Crippen LogP contribution >= 0.6 is 23.8 Å². The second-order valence-corrected chi connectivity index (χ2v) is 4.48. The van der Waals surface area contributed by atoms with Gasteiger partial charge in [0.2, 0.25) is 0 Å². The second kappa shape index (κ2) is 5.75. The van der Waals surface area contributed by atoms with E-state index < -0.39 is 0 Å². The van der Waals surface area contributed by atoms with E-state index in [1.54, 1.807) is 24.4 Å². The lowest BCUT2D eigenvalue weighted by atomic mass is 10.1. The van der Waals surface area contributed by atoms with E-state index in [1.807, 2.05) is 6.07 Å². The summed E-state index contributed by atoms with van der Waals surface area (Å²) in [5.41, 5.74) is 8.10. The van der Waals surface area contributed by atoms with E-state index in [2.05, 4.69) is 15.3 Å². The van der Waals surface area contributed by atoms with Crippen LogP contribution in [0.4, 0.5) is 5.69 Å². The van der Waals surface area contributed by atoms with Gasteiger partial charge in [0.25, 0.3) is 0 Å². The van der Waals surface area contributed by atoms with Crippen molar-refractivity contribution in [2.75, 3.05) is 5.32 Å². The second-order valence-electron chi connectivity index (χ2n) is 3.61. The highest BCUT2D eigenvalue weighted by molar-refractivity contribution is 7.80. The lowest BCUT2D eigenvalue weighted by molar-refractivity contribution is 1.01. The molecule has 4 nitrogen and oxygen atoms in total. The molecule has 1 heterocycles. The van der Waals surface area contributed by atoms with Crippen molar-refractivity contribution in [2.45, 2.75) is 6.54 Å². The Labute approximate surface area is 115 Å². The van der Waals surface area contributed by atoms with Gasteiger partial charge in [0.15, 0.2) is 0 Å². The minimum absolute atomic E-state index is 0.330. The van der Waals surface area contributed by atoms with Gasteiger partial charge in [-0.05, 0) is 24.3 Å². The number of aromatic nitrogens is 2. The van der Waals surface area contributed by atoms with Crippen LogP contribution in [0.2, 0.25) is 5.02 Å². The van der Waals surface area contributed by atoms with Gasteiger partial charge in [-0.25, -0.2) is 9.97 Å². The number of hydrogen-bond acceptors (Lipinski definition) is 4. The van der Waals surface area contributed by atoms with Gasteiger partial charge in [0.05, 0.1) is 12.2 Å². The van der Waals surface area contributed by atoms with E-state index in [9.17, 15) is 0 Å². The van der Waals surface area contributed by atoms with Crippen molar-refractivity contribution in [3.05, 3.63) is 53.1 Å². The van der Waals surface area contributed by atoms with Gasteiger partial charge in [-0.1, -0.05) is 23.8 Å².